The quantitative estimate of drug-likeness (QED) is 0.688. The topological polar surface area (TPSA) is 82.9 Å². The predicted molar refractivity (Wildman–Crippen MR) is 97.5 cm³/mol. The number of benzene rings is 1. The average molecular weight is 328 g/mol. The zero-order valence-electron chi connectivity index (χ0n) is 13.4. The molecular weight excluding hydrogens is 304 g/mol. The Bertz CT molecular complexity index is 886. The first-order valence-electron chi connectivity index (χ1n) is 7.49. The first kappa shape index (κ1) is 17.6. The van der Waals surface area contributed by atoms with Gasteiger partial charge in [-0.1, -0.05) is 19.6 Å². The summed E-state index contributed by atoms with van der Waals surface area (Å²) in [5.41, 5.74) is 1.40. The van der Waals surface area contributed by atoms with Gasteiger partial charge in [-0.05, 0) is 44.5 Å². The largest absolute Gasteiger partial charge is 0.508 e. The molecule has 0 unspecified atom stereocenters. The smallest absolute Gasteiger partial charge is 0.261 e. The van der Waals surface area contributed by atoms with Crippen molar-refractivity contribution in [2.75, 3.05) is 5.32 Å². The minimum Gasteiger partial charge on any atom is -0.508 e. The van der Waals surface area contributed by atoms with Crippen LogP contribution in [0.1, 0.15) is 33.8 Å². The number of nitrogens with zero attached hydrogens (tertiary/aromatic N) is 2. The Morgan fingerprint density at radius 3 is 2.50 bits per heavy atom. The minimum absolute atomic E-state index is 0. The van der Waals surface area contributed by atoms with E-state index in [-0.39, 0.29) is 24.3 Å². The number of anilines is 1. The molecule has 24 heavy (non-hydrogen) atoms. The van der Waals surface area contributed by atoms with Crippen LogP contribution in [0, 0.1) is 0 Å². The Morgan fingerprint density at radius 2 is 1.88 bits per heavy atom. The number of fused-ring (bicyclic) bond motifs is 1. The van der Waals surface area contributed by atoms with E-state index in [1.165, 1.54) is 0 Å². The van der Waals surface area contributed by atoms with Gasteiger partial charge in [0, 0.05) is 12.7 Å². The van der Waals surface area contributed by atoms with Crippen LogP contribution in [0.3, 0.4) is 0 Å². The van der Waals surface area contributed by atoms with Crippen LogP contribution in [0.15, 0.2) is 41.3 Å². The number of hydrogen-bond donors (Lipinski definition) is 3. The van der Waals surface area contributed by atoms with Crippen molar-refractivity contribution in [1.29, 1.82) is 0 Å². The van der Waals surface area contributed by atoms with Crippen LogP contribution < -0.4 is 10.9 Å². The van der Waals surface area contributed by atoms with Gasteiger partial charge in [-0.25, -0.2) is 0 Å². The van der Waals surface area contributed by atoms with Gasteiger partial charge >= 0.3 is 0 Å². The van der Waals surface area contributed by atoms with Gasteiger partial charge in [-0.3, -0.25) is 9.48 Å². The van der Waals surface area contributed by atoms with Crippen LogP contribution in [-0.4, -0.2) is 19.9 Å². The van der Waals surface area contributed by atoms with E-state index in [1.54, 1.807) is 18.3 Å². The van der Waals surface area contributed by atoms with E-state index in [2.05, 4.69) is 15.4 Å². The van der Waals surface area contributed by atoms with Crippen molar-refractivity contribution in [2.45, 2.75) is 40.3 Å². The molecule has 0 bridgehead atoms. The molecule has 6 nitrogen and oxygen atoms in total. The van der Waals surface area contributed by atoms with Gasteiger partial charge in [0.1, 0.15) is 11.1 Å². The van der Waals surface area contributed by atoms with Crippen molar-refractivity contribution < 1.29 is 5.11 Å². The second-order valence-electron chi connectivity index (χ2n) is 6.52. The summed E-state index contributed by atoms with van der Waals surface area (Å²) in [5.74, 6) is 0.789. The summed E-state index contributed by atoms with van der Waals surface area (Å²) in [6, 6.07) is 8.79. The highest BCUT2D eigenvalue weighted by Gasteiger charge is 2.21. The van der Waals surface area contributed by atoms with E-state index < -0.39 is 0 Å². The SMILES string of the molecule is C.CC(C)(C)n1nc(NCc2ccc(O)cc2)c2c(=O)[nH]ccc21. The third-order valence-electron chi connectivity index (χ3n) is 3.64. The highest BCUT2D eigenvalue weighted by molar-refractivity contribution is 5.89. The molecule has 3 N–H and O–H groups in total. The van der Waals surface area contributed by atoms with Gasteiger partial charge in [-0.2, -0.15) is 5.10 Å². The molecule has 0 saturated carbocycles. The molecule has 0 aliphatic heterocycles. The molecule has 2 aromatic heterocycles. The molecule has 0 fully saturated rings. The summed E-state index contributed by atoms with van der Waals surface area (Å²) >= 11 is 0. The molecule has 6 heteroatoms. The summed E-state index contributed by atoms with van der Waals surface area (Å²) in [5, 5.41) is 17.7. The molecule has 128 valence electrons. The summed E-state index contributed by atoms with van der Waals surface area (Å²) in [6.45, 7) is 6.66. The number of hydrogen-bond acceptors (Lipinski definition) is 4. The number of phenolic OH excluding ortho intramolecular Hbond substituents is 1. The number of aromatic hydroxyl groups is 1. The van der Waals surface area contributed by atoms with Crippen LogP contribution in [0.25, 0.3) is 10.9 Å². The number of nitrogens with one attached hydrogen (secondary N) is 2. The molecule has 3 rings (SSSR count). The number of aromatic nitrogens is 3. The molecule has 1 aromatic carbocycles. The van der Waals surface area contributed by atoms with E-state index in [1.807, 2.05) is 43.7 Å². The zero-order valence-corrected chi connectivity index (χ0v) is 13.4. The number of H-pyrrole nitrogens is 1. The van der Waals surface area contributed by atoms with Crippen LogP contribution in [-0.2, 0) is 12.1 Å². The lowest BCUT2D eigenvalue weighted by Crippen LogP contribution is -2.23. The summed E-state index contributed by atoms with van der Waals surface area (Å²) < 4.78 is 1.86. The normalized spacial score (nSPS) is 11.3. The van der Waals surface area contributed by atoms with Crippen molar-refractivity contribution in [3.8, 4) is 5.75 Å². The number of rotatable bonds is 3. The van der Waals surface area contributed by atoms with E-state index in [0.29, 0.717) is 17.7 Å². The van der Waals surface area contributed by atoms with E-state index >= 15 is 0 Å². The highest BCUT2D eigenvalue weighted by atomic mass is 16.3. The maximum absolute atomic E-state index is 12.2. The summed E-state index contributed by atoms with van der Waals surface area (Å²) in [4.78, 5) is 14.9. The van der Waals surface area contributed by atoms with E-state index in [4.69, 9.17) is 0 Å². The van der Waals surface area contributed by atoms with Crippen molar-refractivity contribution in [3.63, 3.8) is 0 Å². The van der Waals surface area contributed by atoms with Gasteiger partial charge in [0.15, 0.2) is 5.82 Å². The van der Waals surface area contributed by atoms with Crippen LogP contribution in [0.5, 0.6) is 5.75 Å². The Morgan fingerprint density at radius 1 is 1.21 bits per heavy atom. The van der Waals surface area contributed by atoms with Crippen molar-refractivity contribution >= 4 is 16.7 Å². The lowest BCUT2D eigenvalue weighted by atomic mass is 10.1. The molecule has 0 aliphatic carbocycles. The molecule has 0 spiro atoms. The molecule has 0 aliphatic rings. The molecule has 0 amide bonds. The number of phenols is 1. The number of aromatic amines is 1. The predicted octanol–water partition coefficient (Wildman–Crippen LogP) is 3.43. The first-order chi connectivity index (χ1) is 10.9. The van der Waals surface area contributed by atoms with Crippen molar-refractivity contribution in [1.82, 2.24) is 14.8 Å². The fraction of sp³-hybridized carbons (Fsp3) is 0.333. The monoisotopic (exact) mass is 328 g/mol. The molecule has 0 saturated heterocycles. The fourth-order valence-electron chi connectivity index (χ4n) is 2.51. The van der Waals surface area contributed by atoms with E-state index in [0.717, 1.165) is 11.1 Å². The fourth-order valence-corrected chi connectivity index (χ4v) is 2.51. The Hall–Kier alpha value is -2.76. The third kappa shape index (κ3) is 3.27. The van der Waals surface area contributed by atoms with Gasteiger partial charge in [-0.15, -0.1) is 0 Å². The number of pyridine rings is 1. The average Bonchev–Trinajstić information content (AvgIpc) is 2.87. The Kier molecular flexibility index (Phi) is 4.68. The maximum atomic E-state index is 12.2. The van der Waals surface area contributed by atoms with Gasteiger partial charge in [0.2, 0.25) is 0 Å². The summed E-state index contributed by atoms with van der Waals surface area (Å²) in [7, 11) is 0. The molecular formula is C18H24N4O2. The second-order valence-corrected chi connectivity index (χ2v) is 6.52. The Labute approximate surface area is 141 Å². The first-order valence-corrected chi connectivity index (χ1v) is 7.49. The highest BCUT2D eigenvalue weighted by Crippen LogP contribution is 2.25. The summed E-state index contributed by atoms with van der Waals surface area (Å²) in [6.07, 6.45) is 1.64. The second kappa shape index (κ2) is 6.39. The van der Waals surface area contributed by atoms with Crippen molar-refractivity contribution in [2.24, 2.45) is 0 Å². The standard InChI is InChI=1S/C17H20N4O2.CH4/c1-17(2,3)21-13-8-9-18-16(23)14(13)15(20-21)19-10-11-4-6-12(22)7-5-11;/h4-9,22H,10H2,1-3H3,(H,18,23)(H,19,20);1H4. The van der Waals surface area contributed by atoms with Gasteiger partial charge < -0.3 is 15.4 Å². The molecule has 3 aromatic rings. The molecule has 2 heterocycles. The zero-order chi connectivity index (χ0) is 16.6. The lowest BCUT2D eigenvalue weighted by Gasteiger charge is -2.20. The van der Waals surface area contributed by atoms with Gasteiger partial charge in [0.25, 0.3) is 5.56 Å². The Balaban J connectivity index is 0.00000208. The van der Waals surface area contributed by atoms with Gasteiger partial charge in [0.05, 0.1) is 11.1 Å². The molecule has 0 atom stereocenters. The maximum Gasteiger partial charge on any atom is 0.261 e. The minimum atomic E-state index is -0.232. The van der Waals surface area contributed by atoms with Crippen LogP contribution in [0.2, 0.25) is 0 Å². The van der Waals surface area contributed by atoms with Crippen molar-refractivity contribution in [3.05, 3.63) is 52.4 Å². The van der Waals surface area contributed by atoms with Crippen LogP contribution >= 0.6 is 0 Å². The molecule has 0 radical (unpaired) electrons. The third-order valence-corrected chi connectivity index (χ3v) is 3.64. The lowest BCUT2D eigenvalue weighted by molar-refractivity contribution is 0.369. The van der Waals surface area contributed by atoms with Crippen LogP contribution in [0.4, 0.5) is 5.82 Å². The van der Waals surface area contributed by atoms with E-state index in [9.17, 15) is 9.90 Å².